The van der Waals surface area contributed by atoms with E-state index < -0.39 is 5.54 Å². The summed E-state index contributed by atoms with van der Waals surface area (Å²) < 4.78 is 23.2. The quantitative estimate of drug-likeness (QED) is 0.773. The number of nitrogens with two attached hydrogens (primary N) is 1. The molecule has 1 aromatic heterocycles. The first-order chi connectivity index (χ1) is 15.0. The number of aromatic nitrogens is 1. The van der Waals surface area contributed by atoms with E-state index in [9.17, 15) is 0 Å². The van der Waals surface area contributed by atoms with Gasteiger partial charge in [0, 0.05) is 28.7 Å². The van der Waals surface area contributed by atoms with Gasteiger partial charge in [0.1, 0.15) is 18.1 Å². The van der Waals surface area contributed by atoms with Gasteiger partial charge in [-0.3, -0.25) is 0 Å². The molecule has 0 unspecified atom stereocenters. The van der Waals surface area contributed by atoms with Gasteiger partial charge in [0.25, 0.3) is 6.02 Å². The lowest BCUT2D eigenvalue weighted by Crippen LogP contribution is -2.44. The summed E-state index contributed by atoms with van der Waals surface area (Å²) in [6, 6.07) is 7.90. The van der Waals surface area contributed by atoms with Crippen LogP contribution in [0.15, 0.2) is 35.5 Å². The zero-order valence-electron chi connectivity index (χ0n) is 17.3. The van der Waals surface area contributed by atoms with Crippen LogP contribution >= 0.6 is 0 Å². The summed E-state index contributed by atoms with van der Waals surface area (Å²) in [5.41, 5.74) is 7.68. The number of aliphatic imine (C=N–C) groups is 1. The second-order valence-corrected chi connectivity index (χ2v) is 9.07. The van der Waals surface area contributed by atoms with Gasteiger partial charge in [-0.2, -0.15) is 0 Å². The normalized spacial score (nSPS) is 24.5. The molecule has 31 heavy (non-hydrogen) atoms. The molecule has 1 atom stereocenters. The zero-order valence-corrected chi connectivity index (χ0v) is 17.3. The summed E-state index contributed by atoms with van der Waals surface area (Å²) in [6.45, 7) is 4.44. The minimum Gasteiger partial charge on any atom is -0.493 e. The lowest BCUT2D eigenvalue weighted by Gasteiger charge is -2.37. The van der Waals surface area contributed by atoms with E-state index in [0.717, 1.165) is 22.4 Å². The third-order valence-electron chi connectivity index (χ3n) is 6.12. The van der Waals surface area contributed by atoms with Crippen molar-refractivity contribution in [2.75, 3.05) is 26.4 Å². The van der Waals surface area contributed by atoms with E-state index in [0.29, 0.717) is 37.4 Å². The van der Waals surface area contributed by atoms with Crippen LogP contribution < -0.4 is 15.2 Å². The SMILES string of the molecule is CC1(COc2ccc3c(c2)[C@@]2(COC(N)=N2)c2cc(C#CC4CC4)cnc2O3)COC1. The number of benzene rings is 1. The van der Waals surface area contributed by atoms with Gasteiger partial charge in [-0.05, 0) is 37.1 Å². The van der Waals surface area contributed by atoms with Crippen molar-refractivity contribution in [3.05, 3.63) is 47.2 Å². The van der Waals surface area contributed by atoms with Crippen molar-refractivity contribution < 1.29 is 18.9 Å². The van der Waals surface area contributed by atoms with Gasteiger partial charge in [0.05, 0.1) is 25.4 Å². The lowest BCUT2D eigenvalue weighted by atomic mass is 9.82. The number of ether oxygens (including phenoxy) is 4. The molecule has 4 aliphatic rings. The highest BCUT2D eigenvalue weighted by Gasteiger charge is 2.48. The number of hydrogen-bond acceptors (Lipinski definition) is 7. The van der Waals surface area contributed by atoms with Crippen molar-refractivity contribution in [2.24, 2.45) is 22.1 Å². The molecule has 0 radical (unpaired) electrons. The van der Waals surface area contributed by atoms with Gasteiger partial charge in [-0.15, -0.1) is 0 Å². The molecular formula is C24H23N3O4. The van der Waals surface area contributed by atoms with Crippen LogP contribution in [0.1, 0.15) is 36.5 Å². The lowest BCUT2D eigenvalue weighted by molar-refractivity contribution is -0.120. The van der Waals surface area contributed by atoms with Crippen molar-refractivity contribution in [2.45, 2.75) is 25.3 Å². The fraction of sp³-hybridized carbons (Fsp3) is 0.417. The fourth-order valence-electron chi connectivity index (χ4n) is 4.07. The predicted molar refractivity (Wildman–Crippen MR) is 113 cm³/mol. The minimum absolute atomic E-state index is 0.0504. The van der Waals surface area contributed by atoms with E-state index in [-0.39, 0.29) is 18.0 Å². The number of hydrogen-bond donors (Lipinski definition) is 1. The number of amidine groups is 1. The average molecular weight is 417 g/mol. The summed E-state index contributed by atoms with van der Waals surface area (Å²) in [4.78, 5) is 9.25. The first kappa shape index (κ1) is 18.5. The molecule has 1 spiro atoms. The van der Waals surface area contributed by atoms with Gasteiger partial charge in [0.15, 0.2) is 5.54 Å². The van der Waals surface area contributed by atoms with E-state index in [2.05, 4.69) is 23.7 Å². The third kappa shape index (κ3) is 3.19. The van der Waals surface area contributed by atoms with E-state index in [4.69, 9.17) is 29.7 Å². The van der Waals surface area contributed by atoms with Gasteiger partial charge < -0.3 is 24.7 Å². The Morgan fingerprint density at radius 3 is 2.77 bits per heavy atom. The first-order valence-corrected chi connectivity index (χ1v) is 10.6. The van der Waals surface area contributed by atoms with Crippen molar-refractivity contribution in [3.8, 4) is 29.2 Å². The summed E-state index contributed by atoms with van der Waals surface area (Å²) in [5.74, 6) is 8.94. The van der Waals surface area contributed by atoms with Crippen LogP contribution in [0.2, 0.25) is 0 Å². The fourth-order valence-corrected chi connectivity index (χ4v) is 4.07. The highest BCUT2D eigenvalue weighted by molar-refractivity contribution is 5.76. The molecule has 4 heterocycles. The third-order valence-corrected chi connectivity index (χ3v) is 6.12. The van der Waals surface area contributed by atoms with E-state index in [1.807, 2.05) is 24.3 Å². The maximum Gasteiger partial charge on any atom is 0.283 e. The molecule has 1 saturated heterocycles. The van der Waals surface area contributed by atoms with Crippen LogP contribution in [-0.2, 0) is 15.0 Å². The molecule has 6 rings (SSSR count). The van der Waals surface area contributed by atoms with Crippen LogP contribution in [0.5, 0.6) is 17.4 Å². The molecule has 1 aromatic carbocycles. The standard InChI is InChI=1S/C24H23N3O4/c1-23(11-28-12-23)13-29-17-6-7-20-18(9-17)24(14-30-22(25)27-24)19-8-16(5-4-15-2-3-15)10-26-21(19)31-20/h6-10,15H,2-3,11-14H2,1H3,(H2,25,27)/t24-/m0/s1. The Morgan fingerprint density at radius 1 is 1.19 bits per heavy atom. The molecule has 1 saturated carbocycles. The number of pyridine rings is 1. The second kappa shape index (κ2) is 6.63. The smallest absolute Gasteiger partial charge is 0.283 e. The molecule has 0 amide bonds. The maximum absolute atomic E-state index is 6.12. The van der Waals surface area contributed by atoms with Gasteiger partial charge in [-0.25, -0.2) is 9.98 Å². The van der Waals surface area contributed by atoms with Crippen LogP contribution in [0.4, 0.5) is 0 Å². The molecule has 0 bridgehead atoms. The number of rotatable bonds is 3. The molecule has 158 valence electrons. The highest BCUT2D eigenvalue weighted by Crippen LogP contribution is 2.51. The second-order valence-electron chi connectivity index (χ2n) is 9.07. The van der Waals surface area contributed by atoms with Crippen molar-refractivity contribution in [1.82, 2.24) is 4.98 Å². The van der Waals surface area contributed by atoms with E-state index >= 15 is 0 Å². The molecule has 1 aliphatic carbocycles. The predicted octanol–water partition coefficient (Wildman–Crippen LogP) is 2.95. The summed E-state index contributed by atoms with van der Waals surface area (Å²) in [6.07, 6.45) is 4.09. The molecule has 2 aromatic rings. The summed E-state index contributed by atoms with van der Waals surface area (Å²) in [5, 5.41) is 0. The van der Waals surface area contributed by atoms with E-state index in [1.165, 1.54) is 12.8 Å². The van der Waals surface area contributed by atoms with Crippen LogP contribution in [0.3, 0.4) is 0 Å². The first-order valence-electron chi connectivity index (χ1n) is 10.6. The molecule has 7 nitrogen and oxygen atoms in total. The highest BCUT2D eigenvalue weighted by atomic mass is 16.5. The Bertz CT molecular complexity index is 1160. The molecule has 7 heteroatoms. The summed E-state index contributed by atoms with van der Waals surface area (Å²) >= 11 is 0. The van der Waals surface area contributed by atoms with Crippen LogP contribution in [-0.4, -0.2) is 37.4 Å². The summed E-state index contributed by atoms with van der Waals surface area (Å²) in [7, 11) is 0. The minimum atomic E-state index is -0.833. The van der Waals surface area contributed by atoms with Crippen LogP contribution in [0, 0.1) is 23.2 Å². The maximum atomic E-state index is 6.12. The molecule has 2 N–H and O–H groups in total. The van der Waals surface area contributed by atoms with Gasteiger partial charge >= 0.3 is 0 Å². The largest absolute Gasteiger partial charge is 0.493 e. The Labute approximate surface area is 180 Å². The van der Waals surface area contributed by atoms with Crippen molar-refractivity contribution in [3.63, 3.8) is 0 Å². The van der Waals surface area contributed by atoms with Gasteiger partial charge in [-0.1, -0.05) is 18.8 Å². The zero-order chi connectivity index (χ0) is 21.1. The Morgan fingerprint density at radius 2 is 2.06 bits per heavy atom. The van der Waals surface area contributed by atoms with Crippen molar-refractivity contribution >= 4 is 6.02 Å². The topological polar surface area (TPSA) is 88.2 Å². The monoisotopic (exact) mass is 417 g/mol. The Kier molecular flexibility index (Phi) is 3.96. The Balaban J connectivity index is 1.40. The van der Waals surface area contributed by atoms with Crippen molar-refractivity contribution in [1.29, 1.82) is 0 Å². The molecule has 2 fully saturated rings. The Hall–Kier alpha value is -3.24. The number of fused-ring (bicyclic) bond motifs is 4. The molecular weight excluding hydrogens is 394 g/mol. The van der Waals surface area contributed by atoms with E-state index in [1.54, 1.807) is 6.20 Å². The average Bonchev–Trinajstić information content (AvgIpc) is 3.51. The van der Waals surface area contributed by atoms with Gasteiger partial charge in [0.2, 0.25) is 5.88 Å². The van der Waals surface area contributed by atoms with Crippen LogP contribution in [0.25, 0.3) is 0 Å². The number of nitrogens with zero attached hydrogens (tertiary/aromatic N) is 2. The molecule has 3 aliphatic heterocycles.